The number of hydrogen-bond acceptors (Lipinski definition) is 6. The Bertz CT molecular complexity index is 1890. The van der Waals surface area contributed by atoms with Crippen LogP contribution in [0, 0.1) is 0 Å². The number of anilines is 1. The van der Waals surface area contributed by atoms with E-state index in [4.69, 9.17) is 17.2 Å². The van der Waals surface area contributed by atoms with Gasteiger partial charge in [0, 0.05) is 52.3 Å². The van der Waals surface area contributed by atoms with Crippen LogP contribution in [0.2, 0.25) is 0 Å². The van der Waals surface area contributed by atoms with Crippen molar-refractivity contribution in [3.63, 3.8) is 0 Å². The Morgan fingerprint density at radius 1 is 0.727 bits per heavy atom. The number of amidine groups is 1. The molecule has 0 aliphatic heterocycles. The highest BCUT2D eigenvalue weighted by Crippen LogP contribution is 2.22. The average Bonchev–Trinajstić information content (AvgIpc) is 3.65. The van der Waals surface area contributed by atoms with Gasteiger partial charge in [-0.3, -0.25) is 29.4 Å². The van der Waals surface area contributed by atoms with E-state index in [0.717, 1.165) is 5.39 Å². The van der Waals surface area contributed by atoms with E-state index in [9.17, 15) is 14.4 Å². The molecule has 0 bridgehead atoms. The summed E-state index contributed by atoms with van der Waals surface area (Å²) in [7, 11) is 0. The maximum atomic E-state index is 13.0. The van der Waals surface area contributed by atoms with Crippen molar-refractivity contribution in [3.05, 3.63) is 95.6 Å². The van der Waals surface area contributed by atoms with Gasteiger partial charge in [-0.25, -0.2) is 0 Å². The zero-order valence-electron chi connectivity index (χ0n) is 23.6. The second-order valence-electron chi connectivity index (χ2n) is 9.72. The molecule has 0 saturated heterocycles. The number of fused-ring (bicyclic) bond motifs is 2. The summed E-state index contributed by atoms with van der Waals surface area (Å²) in [6, 6.07) is 19.2. The van der Waals surface area contributed by atoms with Crippen LogP contribution in [0.3, 0.4) is 0 Å². The van der Waals surface area contributed by atoms with Gasteiger partial charge in [0.15, 0.2) is 5.96 Å². The number of aromatic nitrogens is 3. The Hall–Kier alpha value is -6.18. The van der Waals surface area contributed by atoms with E-state index in [0.29, 0.717) is 63.7 Å². The third-order valence-electron chi connectivity index (χ3n) is 6.55. The molecule has 0 fully saturated rings. The zero-order chi connectivity index (χ0) is 31.1. The fourth-order valence-corrected chi connectivity index (χ4v) is 4.41. The van der Waals surface area contributed by atoms with E-state index in [1.165, 1.54) is 0 Å². The van der Waals surface area contributed by atoms with Crippen LogP contribution >= 0.6 is 0 Å². The lowest BCUT2D eigenvalue weighted by molar-refractivity contribution is 0.0944. The molecule has 14 heteroatoms. The monoisotopic (exact) mass is 593 g/mol. The van der Waals surface area contributed by atoms with Gasteiger partial charge in [0.2, 0.25) is 0 Å². The summed E-state index contributed by atoms with van der Waals surface area (Å²) in [6.45, 7) is 1.14. The van der Waals surface area contributed by atoms with Crippen molar-refractivity contribution in [2.75, 3.05) is 31.5 Å². The van der Waals surface area contributed by atoms with Crippen molar-refractivity contribution < 1.29 is 14.4 Å². The molecule has 5 rings (SSSR count). The van der Waals surface area contributed by atoms with E-state index in [1.807, 2.05) is 6.07 Å². The largest absolute Gasteiger partial charge is 0.382 e. The molecule has 3 heterocycles. The number of rotatable bonds is 11. The predicted octanol–water partition coefficient (Wildman–Crippen LogP) is 1.44. The Morgan fingerprint density at radius 2 is 1.45 bits per heavy atom. The van der Waals surface area contributed by atoms with Gasteiger partial charge in [0.25, 0.3) is 17.7 Å². The number of amides is 3. The number of carbonyl (C=O) groups is 3. The molecule has 2 aromatic carbocycles. The van der Waals surface area contributed by atoms with Gasteiger partial charge in [-0.2, -0.15) is 0 Å². The normalized spacial score (nSPS) is 11.3. The second kappa shape index (κ2) is 13.2. The highest BCUT2D eigenvalue weighted by atomic mass is 16.2. The molecule has 3 aromatic heterocycles. The van der Waals surface area contributed by atoms with Crippen molar-refractivity contribution in [3.8, 4) is 0 Å². The van der Waals surface area contributed by atoms with Gasteiger partial charge >= 0.3 is 0 Å². The lowest BCUT2D eigenvalue weighted by Crippen LogP contribution is -2.28. The summed E-state index contributed by atoms with van der Waals surface area (Å²) >= 11 is 0. The van der Waals surface area contributed by atoms with E-state index in [1.54, 1.807) is 66.9 Å². The molecule has 0 aliphatic carbocycles. The summed E-state index contributed by atoms with van der Waals surface area (Å²) in [5, 5.41) is 9.92. The minimum Gasteiger partial charge on any atom is -0.382 e. The minimum atomic E-state index is -0.362. The number of aromatic amines is 2. The van der Waals surface area contributed by atoms with Crippen LogP contribution in [0.4, 0.5) is 5.69 Å². The molecule has 0 spiro atoms. The van der Waals surface area contributed by atoms with E-state index in [-0.39, 0.29) is 36.8 Å². The Morgan fingerprint density at radius 3 is 2.23 bits per heavy atom. The van der Waals surface area contributed by atoms with E-state index >= 15 is 0 Å². The number of H-pyrrole nitrogens is 2. The standard InChI is InChI=1S/C30H31N11O3/c31-26(22-3-1-2-8-34-22)35-9-10-37-28(43)24-14-17-4-6-20(16-23(17)41-24)39-29(44)25-15-19-13-18(5-7-21(19)40-25)27(42)36-11-12-38-30(32)33/h1-8,13-16,40-41H,9-12H2,(H2,31,35)(H,36,42)(H,37,43)(H,39,44)(H4,32,33,38). The first-order valence-corrected chi connectivity index (χ1v) is 13.7. The molecule has 5 aromatic rings. The molecule has 224 valence electrons. The number of guanidine groups is 1. The zero-order valence-corrected chi connectivity index (χ0v) is 23.6. The average molecular weight is 594 g/mol. The van der Waals surface area contributed by atoms with Gasteiger partial charge in [0.1, 0.15) is 22.9 Å². The third kappa shape index (κ3) is 7.17. The van der Waals surface area contributed by atoms with Gasteiger partial charge in [-0.15, -0.1) is 0 Å². The highest BCUT2D eigenvalue weighted by Gasteiger charge is 2.14. The Labute approximate surface area is 251 Å². The fourth-order valence-electron chi connectivity index (χ4n) is 4.41. The SMILES string of the molecule is NC(N)=NCCNC(=O)c1ccc2[nH]c(C(=O)Nc3ccc4cc(C(=O)NCCN=C(N)c5ccccn5)[nH]c4c3)cc2c1. The molecule has 11 N–H and O–H groups in total. The Balaban J connectivity index is 1.18. The van der Waals surface area contributed by atoms with Gasteiger partial charge in [-0.05, 0) is 54.6 Å². The summed E-state index contributed by atoms with van der Waals surface area (Å²) in [6.07, 6.45) is 1.63. The molecule has 0 radical (unpaired) electrons. The molecule has 3 amide bonds. The number of pyridine rings is 1. The molecular weight excluding hydrogens is 562 g/mol. The second-order valence-corrected chi connectivity index (χ2v) is 9.72. The van der Waals surface area contributed by atoms with Crippen molar-refractivity contribution in [2.24, 2.45) is 27.2 Å². The first kappa shape index (κ1) is 29.3. The van der Waals surface area contributed by atoms with Crippen molar-refractivity contribution in [2.45, 2.75) is 0 Å². The quantitative estimate of drug-likeness (QED) is 0.0636. The Kier molecular flexibility index (Phi) is 8.80. The number of aliphatic imine (C=N–C) groups is 2. The van der Waals surface area contributed by atoms with Crippen LogP contribution in [0.25, 0.3) is 21.8 Å². The third-order valence-corrected chi connectivity index (χ3v) is 6.55. The molecular formula is C30H31N11O3. The maximum absolute atomic E-state index is 13.0. The first-order chi connectivity index (χ1) is 21.3. The maximum Gasteiger partial charge on any atom is 0.272 e. The van der Waals surface area contributed by atoms with Crippen LogP contribution in [0.5, 0.6) is 0 Å². The van der Waals surface area contributed by atoms with Crippen LogP contribution in [-0.2, 0) is 0 Å². The van der Waals surface area contributed by atoms with Crippen LogP contribution in [-0.4, -0.2) is 70.6 Å². The summed E-state index contributed by atoms with van der Waals surface area (Å²) in [5.74, 6) is -0.675. The van der Waals surface area contributed by atoms with Crippen LogP contribution < -0.4 is 33.2 Å². The van der Waals surface area contributed by atoms with Gasteiger partial charge < -0.3 is 43.1 Å². The summed E-state index contributed by atoms with van der Waals surface area (Å²) in [5.41, 5.74) is 20.1. The topological polar surface area (TPSA) is 235 Å². The fraction of sp³-hybridized carbons (Fsp3) is 0.133. The lowest BCUT2D eigenvalue weighted by atomic mass is 10.1. The lowest BCUT2D eigenvalue weighted by Gasteiger charge is -2.04. The van der Waals surface area contributed by atoms with Crippen LogP contribution in [0.15, 0.2) is 82.9 Å². The van der Waals surface area contributed by atoms with Crippen molar-refractivity contribution in [1.82, 2.24) is 25.6 Å². The highest BCUT2D eigenvalue weighted by molar-refractivity contribution is 6.08. The van der Waals surface area contributed by atoms with Gasteiger partial charge in [-0.1, -0.05) is 12.1 Å². The molecule has 0 unspecified atom stereocenters. The number of nitrogens with zero attached hydrogens (tertiary/aromatic N) is 3. The number of nitrogens with two attached hydrogens (primary N) is 3. The first-order valence-electron chi connectivity index (χ1n) is 13.7. The van der Waals surface area contributed by atoms with Gasteiger partial charge in [0.05, 0.1) is 13.1 Å². The van der Waals surface area contributed by atoms with E-state index in [2.05, 4.69) is 40.9 Å². The number of hydrogen-bond donors (Lipinski definition) is 8. The molecule has 0 saturated carbocycles. The molecule has 0 aliphatic rings. The smallest absolute Gasteiger partial charge is 0.272 e. The summed E-state index contributed by atoms with van der Waals surface area (Å²) in [4.78, 5) is 56.5. The van der Waals surface area contributed by atoms with Crippen molar-refractivity contribution >= 4 is 57.0 Å². The predicted molar refractivity (Wildman–Crippen MR) is 170 cm³/mol. The number of benzene rings is 2. The number of carbonyl (C=O) groups excluding carboxylic acids is 3. The minimum absolute atomic E-state index is 0.0407. The molecule has 44 heavy (non-hydrogen) atoms. The molecule has 0 atom stereocenters. The number of nitrogens with one attached hydrogen (secondary N) is 5. The molecule has 14 nitrogen and oxygen atoms in total. The van der Waals surface area contributed by atoms with E-state index < -0.39 is 0 Å². The van der Waals surface area contributed by atoms with Crippen LogP contribution in [0.1, 0.15) is 37.0 Å². The van der Waals surface area contributed by atoms with Crippen molar-refractivity contribution in [1.29, 1.82) is 0 Å². The summed E-state index contributed by atoms with van der Waals surface area (Å²) < 4.78 is 0.